The summed E-state index contributed by atoms with van der Waals surface area (Å²) in [7, 11) is 0. The number of nitrogens with one attached hydrogen (secondary N) is 1. The average Bonchev–Trinajstić information content (AvgIpc) is 2.55. The van der Waals surface area contributed by atoms with Crippen LogP contribution in [-0.4, -0.2) is 36.3 Å². The number of amides is 2. The van der Waals surface area contributed by atoms with Gasteiger partial charge in [0, 0.05) is 29.7 Å². The molecule has 0 unspecified atom stereocenters. The first-order chi connectivity index (χ1) is 11.7. The second-order valence-electron chi connectivity index (χ2n) is 6.66. The molecular formula is C19H28Cl2N2O2. The van der Waals surface area contributed by atoms with Crippen LogP contribution in [0.25, 0.3) is 0 Å². The Morgan fingerprint density at radius 2 is 1.72 bits per heavy atom. The summed E-state index contributed by atoms with van der Waals surface area (Å²) in [6.45, 7) is 9.17. The Labute approximate surface area is 160 Å². The summed E-state index contributed by atoms with van der Waals surface area (Å²) >= 11 is 12.0. The molecule has 0 heterocycles. The summed E-state index contributed by atoms with van der Waals surface area (Å²) < 4.78 is 0. The van der Waals surface area contributed by atoms with E-state index in [1.54, 1.807) is 30.9 Å². The molecule has 1 rings (SSSR count). The fourth-order valence-electron chi connectivity index (χ4n) is 2.60. The summed E-state index contributed by atoms with van der Waals surface area (Å²) in [6, 6.07) is 5.30. The van der Waals surface area contributed by atoms with Gasteiger partial charge in [-0.3, -0.25) is 9.59 Å². The van der Waals surface area contributed by atoms with Crippen molar-refractivity contribution in [3.63, 3.8) is 0 Å². The van der Waals surface area contributed by atoms with Gasteiger partial charge in [0.05, 0.1) is 0 Å². The molecule has 0 fully saturated rings. The standard InChI is InChI=1S/C19H28Cl2N2O2/c1-5-11-23(12-6-2)18(25)19(3,4)17(24)22-10-9-14-7-8-15(20)13-16(14)21/h7-8,13H,5-6,9-12H2,1-4H3,(H,22,24). The van der Waals surface area contributed by atoms with Crippen molar-refractivity contribution in [2.45, 2.75) is 47.0 Å². The van der Waals surface area contributed by atoms with Gasteiger partial charge >= 0.3 is 0 Å². The lowest BCUT2D eigenvalue weighted by atomic mass is 9.90. The van der Waals surface area contributed by atoms with Crippen LogP contribution in [0, 0.1) is 5.41 Å². The summed E-state index contributed by atoms with van der Waals surface area (Å²) in [4.78, 5) is 27.0. The van der Waals surface area contributed by atoms with Gasteiger partial charge in [-0.1, -0.05) is 43.1 Å². The van der Waals surface area contributed by atoms with Crippen LogP contribution in [0.1, 0.15) is 46.1 Å². The highest BCUT2D eigenvalue weighted by molar-refractivity contribution is 6.35. The summed E-state index contributed by atoms with van der Waals surface area (Å²) in [6.07, 6.45) is 2.33. The van der Waals surface area contributed by atoms with E-state index < -0.39 is 5.41 Å². The summed E-state index contributed by atoms with van der Waals surface area (Å²) in [5.74, 6) is -0.391. The second kappa shape index (κ2) is 10.0. The minimum absolute atomic E-state index is 0.127. The van der Waals surface area contributed by atoms with Crippen LogP contribution in [0.5, 0.6) is 0 Å². The Bertz CT molecular complexity index is 597. The molecule has 4 nitrogen and oxygen atoms in total. The molecule has 1 aromatic carbocycles. The fourth-order valence-corrected chi connectivity index (χ4v) is 3.11. The van der Waals surface area contributed by atoms with E-state index in [0.29, 0.717) is 36.1 Å². The molecule has 25 heavy (non-hydrogen) atoms. The fraction of sp³-hybridized carbons (Fsp3) is 0.579. The van der Waals surface area contributed by atoms with Crippen molar-refractivity contribution < 1.29 is 9.59 Å². The molecule has 0 saturated heterocycles. The van der Waals surface area contributed by atoms with Crippen LogP contribution in [-0.2, 0) is 16.0 Å². The van der Waals surface area contributed by atoms with Crippen LogP contribution in [0.15, 0.2) is 18.2 Å². The largest absolute Gasteiger partial charge is 0.355 e. The molecule has 1 N–H and O–H groups in total. The number of carbonyl (C=O) groups is 2. The van der Waals surface area contributed by atoms with Gasteiger partial charge < -0.3 is 10.2 Å². The van der Waals surface area contributed by atoms with Gasteiger partial charge in [0.1, 0.15) is 5.41 Å². The van der Waals surface area contributed by atoms with E-state index in [1.807, 2.05) is 19.9 Å². The Morgan fingerprint density at radius 3 is 2.24 bits per heavy atom. The SMILES string of the molecule is CCCN(CCC)C(=O)C(C)(C)C(=O)NCCc1ccc(Cl)cc1Cl. The predicted molar refractivity (Wildman–Crippen MR) is 104 cm³/mol. The number of nitrogens with zero attached hydrogens (tertiary/aromatic N) is 1. The van der Waals surface area contributed by atoms with Crippen LogP contribution in [0.2, 0.25) is 10.0 Å². The lowest BCUT2D eigenvalue weighted by Crippen LogP contribution is -2.50. The van der Waals surface area contributed by atoms with Crippen molar-refractivity contribution in [2.75, 3.05) is 19.6 Å². The first-order valence-electron chi connectivity index (χ1n) is 8.75. The molecule has 2 amide bonds. The van der Waals surface area contributed by atoms with E-state index >= 15 is 0 Å². The number of carbonyl (C=O) groups excluding carboxylic acids is 2. The van der Waals surface area contributed by atoms with E-state index in [-0.39, 0.29) is 11.8 Å². The van der Waals surface area contributed by atoms with Crippen molar-refractivity contribution in [1.82, 2.24) is 10.2 Å². The van der Waals surface area contributed by atoms with Gasteiger partial charge in [0.15, 0.2) is 0 Å². The monoisotopic (exact) mass is 386 g/mol. The molecule has 0 aliphatic carbocycles. The molecule has 0 spiro atoms. The highest BCUT2D eigenvalue weighted by Crippen LogP contribution is 2.22. The van der Waals surface area contributed by atoms with Crippen molar-refractivity contribution in [3.05, 3.63) is 33.8 Å². The Kier molecular flexibility index (Phi) is 8.74. The molecule has 1 aromatic rings. The minimum Gasteiger partial charge on any atom is -0.355 e. The molecule has 6 heteroatoms. The van der Waals surface area contributed by atoms with Crippen LogP contribution in [0.4, 0.5) is 0 Å². The van der Waals surface area contributed by atoms with E-state index in [4.69, 9.17) is 23.2 Å². The zero-order chi connectivity index (χ0) is 19.0. The highest BCUT2D eigenvalue weighted by atomic mass is 35.5. The Hall–Kier alpha value is -1.26. The maximum atomic E-state index is 12.7. The predicted octanol–water partition coefficient (Wildman–Crippen LogP) is 4.33. The molecule has 0 aliphatic heterocycles. The van der Waals surface area contributed by atoms with Crippen LogP contribution < -0.4 is 5.32 Å². The third-order valence-corrected chi connectivity index (χ3v) is 4.66. The van der Waals surface area contributed by atoms with Gasteiger partial charge in [0.2, 0.25) is 11.8 Å². The maximum Gasteiger partial charge on any atom is 0.237 e. The lowest BCUT2D eigenvalue weighted by molar-refractivity contribution is -0.148. The van der Waals surface area contributed by atoms with Gasteiger partial charge in [-0.05, 0) is 50.8 Å². The number of halogens is 2. The van der Waals surface area contributed by atoms with Crippen molar-refractivity contribution >= 4 is 35.0 Å². The molecule has 0 aliphatic rings. The van der Waals surface area contributed by atoms with E-state index in [1.165, 1.54) is 0 Å². The number of benzene rings is 1. The maximum absolute atomic E-state index is 12.7. The van der Waals surface area contributed by atoms with Gasteiger partial charge in [-0.2, -0.15) is 0 Å². The molecule has 140 valence electrons. The smallest absolute Gasteiger partial charge is 0.237 e. The zero-order valence-corrected chi connectivity index (χ0v) is 17.0. The van der Waals surface area contributed by atoms with Crippen LogP contribution in [0.3, 0.4) is 0 Å². The lowest BCUT2D eigenvalue weighted by Gasteiger charge is -2.30. The highest BCUT2D eigenvalue weighted by Gasteiger charge is 2.38. The summed E-state index contributed by atoms with van der Waals surface area (Å²) in [5, 5.41) is 4.01. The number of rotatable bonds is 9. The zero-order valence-electron chi connectivity index (χ0n) is 15.5. The quantitative estimate of drug-likeness (QED) is 0.642. The van der Waals surface area contributed by atoms with E-state index in [0.717, 1.165) is 18.4 Å². The first-order valence-corrected chi connectivity index (χ1v) is 9.51. The van der Waals surface area contributed by atoms with Crippen molar-refractivity contribution in [2.24, 2.45) is 5.41 Å². The Balaban J connectivity index is 2.65. The molecule has 0 aromatic heterocycles. The Morgan fingerprint density at radius 1 is 1.12 bits per heavy atom. The average molecular weight is 387 g/mol. The van der Waals surface area contributed by atoms with E-state index in [9.17, 15) is 9.59 Å². The van der Waals surface area contributed by atoms with Gasteiger partial charge in [0.25, 0.3) is 0 Å². The van der Waals surface area contributed by atoms with Crippen molar-refractivity contribution in [3.8, 4) is 0 Å². The third kappa shape index (κ3) is 6.19. The first kappa shape index (κ1) is 21.8. The van der Waals surface area contributed by atoms with Gasteiger partial charge in [-0.25, -0.2) is 0 Å². The van der Waals surface area contributed by atoms with Gasteiger partial charge in [-0.15, -0.1) is 0 Å². The molecule has 0 radical (unpaired) electrons. The number of hydrogen-bond acceptors (Lipinski definition) is 2. The van der Waals surface area contributed by atoms with Crippen molar-refractivity contribution in [1.29, 1.82) is 0 Å². The van der Waals surface area contributed by atoms with Crippen LogP contribution >= 0.6 is 23.2 Å². The third-order valence-electron chi connectivity index (χ3n) is 4.07. The summed E-state index contributed by atoms with van der Waals surface area (Å²) in [5.41, 5.74) is -0.178. The molecule has 0 bridgehead atoms. The number of hydrogen-bond donors (Lipinski definition) is 1. The normalized spacial score (nSPS) is 11.3. The topological polar surface area (TPSA) is 49.4 Å². The molecular weight excluding hydrogens is 359 g/mol. The van der Waals surface area contributed by atoms with E-state index in [2.05, 4.69) is 5.32 Å². The minimum atomic E-state index is -1.09. The molecule has 0 atom stereocenters. The second-order valence-corrected chi connectivity index (χ2v) is 7.50. The molecule has 0 saturated carbocycles.